The molecular formula is C16H17NO5. The Bertz CT molecular complexity index is 717. The lowest BCUT2D eigenvalue weighted by molar-refractivity contribution is -0.124. The summed E-state index contributed by atoms with van der Waals surface area (Å²) in [5.41, 5.74) is 1.20. The summed E-state index contributed by atoms with van der Waals surface area (Å²) in [6.07, 6.45) is 1.54. The molecule has 116 valence electrons. The number of carbonyl (C=O) groups is 2. The van der Waals surface area contributed by atoms with Crippen molar-refractivity contribution in [3.05, 3.63) is 42.2 Å². The number of aryl methyl sites for hydroxylation is 1. The van der Waals surface area contributed by atoms with E-state index in [1.165, 1.54) is 6.08 Å². The van der Waals surface area contributed by atoms with Gasteiger partial charge in [0.15, 0.2) is 6.61 Å². The van der Waals surface area contributed by atoms with Crippen LogP contribution in [0.1, 0.15) is 16.1 Å². The van der Waals surface area contributed by atoms with Gasteiger partial charge in [-0.1, -0.05) is 6.08 Å². The van der Waals surface area contributed by atoms with Crippen LogP contribution in [0.15, 0.2) is 35.3 Å². The molecule has 0 aliphatic heterocycles. The molecule has 0 aliphatic carbocycles. The SMILES string of the molecule is C=CCNC(=O)COC(=O)c1oc2ccc(OC)cc2c1C. The van der Waals surface area contributed by atoms with Crippen molar-refractivity contribution in [2.45, 2.75) is 6.92 Å². The molecule has 0 atom stereocenters. The lowest BCUT2D eigenvalue weighted by Crippen LogP contribution is -2.28. The highest BCUT2D eigenvalue weighted by Gasteiger charge is 2.20. The third kappa shape index (κ3) is 3.28. The van der Waals surface area contributed by atoms with Crippen LogP contribution in [0, 0.1) is 6.92 Å². The molecule has 1 aromatic carbocycles. The summed E-state index contributed by atoms with van der Waals surface area (Å²) in [5, 5.41) is 3.28. The average Bonchev–Trinajstić information content (AvgIpc) is 2.87. The molecule has 6 heteroatoms. The molecule has 2 aromatic rings. The number of amides is 1. The van der Waals surface area contributed by atoms with E-state index in [9.17, 15) is 9.59 Å². The number of methoxy groups -OCH3 is 1. The number of ether oxygens (including phenoxy) is 2. The van der Waals surface area contributed by atoms with Crippen molar-refractivity contribution in [3.8, 4) is 5.75 Å². The standard InChI is InChI=1S/C16H17NO5/c1-4-7-17-14(18)9-21-16(19)15-10(2)12-8-11(20-3)5-6-13(12)22-15/h4-6,8H,1,7,9H2,2-3H3,(H,17,18). The Balaban J connectivity index is 2.13. The van der Waals surface area contributed by atoms with Gasteiger partial charge >= 0.3 is 5.97 Å². The topological polar surface area (TPSA) is 77.8 Å². The van der Waals surface area contributed by atoms with Crippen LogP contribution in [0.2, 0.25) is 0 Å². The summed E-state index contributed by atoms with van der Waals surface area (Å²) in [6, 6.07) is 5.24. The normalized spacial score (nSPS) is 10.3. The van der Waals surface area contributed by atoms with Crippen molar-refractivity contribution >= 4 is 22.8 Å². The smallest absolute Gasteiger partial charge is 0.375 e. The van der Waals surface area contributed by atoms with E-state index >= 15 is 0 Å². The van der Waals surface area contributed by atoms with Crippen molar-refractivity contribution in [1.82, 2.24) is 5.32 Å². The molecular weight excluding hydrogens is 286 g/mol. The Hall–Kier alpha value is -2.76. The summed E-state index contributed by atoms with van der Waals surface area (Å²) in [4.78, 5) is 23.4. The van der Waals surface area contributed by atoms with Crippen molar-refractivity contribution < 1.29 is 23.5 Å². The minimum Gasteiger partial charge on any atom is -0.497 e. The molecule has 0 unspecified atom stereocenters. The first-order valence-electron chi connectivity index (χ1n) is 6.68. The number of hydrogen-bond acceptors (Lipinski definition) is 5. The van der Waals surface area contributed by atoms with Gasteiger partial charge in [-0.3, -0.25) is 4.79 Å². The summed E-state index contributed by atoms with van der Waals surface area (Å²) in [6.45, 7) is 5.18. The Kier molecular flexibility index (Phi) is 4.83. The molecule has 0 aliphatic rings. The number of rotatable bonds is 6. The zero-order chi connectivity index (χ0) is 16.1. The second kappa shape index (κ2) is 6.80. The first kappa shape index (κ1) is 15.6. The average molecular weight is 303 g/mol. The van der Waals surface area contributed by atoms with E-state index in [1.54, 1.807) is 32.2 Å². The fourth-order valence-corrected chi connectivity index (χ4v) is 1.96. The van der Waals surface area contributed by atoms with Crippen LogP contribution in [0.4, 0.5) is 0 Å². The fraction of sp³-hybridized carbons (Fsp3) is 0.250. The van der Waals surface area contributed by atoms with Gasteiger partial charge in [0.2, 0.25) is 5.76 Å². The fourth-order valence-electron chi connectivity index (χ4n) is 1.96. The molecule has 0 bridgehead atoms. The zero-order valence-corrected chi connectivity index (χ0v) is 12.5. The van der Waals surface area contributed by atoms with Gasteiger partial charge in [0.05, 0.1) is 7.11 Å². The minimum absolute atomic E-state index is 0.0831. The molecule has 6 nitrogen and oxygen atoms in total. The molecule has 0 fully saturated rings. The number of benzene rings is 1. The number of hydrogen-bond donors (Lipinski definition) is 1. The molecule has 0 saturated carbocycles. The van der Waals surface area contributed by atoms with Crippen LogP contribution < -0.4 is 10.1 Å². The Morgan fingerprint density at radius 3 is 2.86 bits per heavy atom. The maximum absolute atomic E-state index is 12.0. The van der Waals surface area contributed by atoms with Crippen molar-refractivity contribution in [3.63, 3.8) is 0 Å². The van der Waals surface area contributed by atoms with Gasteiger partial charge in [-0.2, -0.15) is 0 Å². The van der Waals surface area contributed by atoms with Crippen LogP contribution in [0.25, 0.3) is 11.0 Å². The molecule has 22 heavy (non-hydrogen) atoms. The van der Waals surface area contributed by atoms with Crippen molar-refractivity contribution in [2.24, 2.45) is 0 Å². The van der Waals surface area contributed by atoms with Crippen molar-refractivity contribution in [1.29, 1.82) is 0 Å². The van der Waals surface area contributed by atoms with Crippen molar-refractivity contribution in [2.75, 3.05) is 20.3 Å². The largest absolute Gasteiger partial charge is 0.497 e. The lowest BCUT2D eigenvalue weighted by atomic mass is 10.1. The summed E-state index contributed by atoms with van der Waals surface area (Å²) in [5.74, 6) is -0.329. The molecule has 2 rings (SSSR count). The summed E-state index contributed by atoms with van der Waals surface area (Å²) >= 11 is 0. The first-order chi connectivity index (χ1) is 10.6. The molecule has 1 amide bonds. The molecule has 0 saturated heterocycles. The van der Waals surface area contributed by atoms with E-state index in [0.717, 1.165) is 5.39 Å². The monoisotopic (exact) mass is 303 g/mol. The Morgan fingerprint density at radius 1 is 1.41 bits per heavy atom. The van der Waals surface area contributed by atoms with Crippen LogP contribution in [-0.4, -0.2) is 32.1 Å². The number of fused-ring (bicyclic) bond motifs is 1. The Labute approximate surface area is 127 Å². The minimum atomic E-state index is -0.679. The highest BCUT2D eigenvalue weighted by atomic mass is 16.5. The highest BCUT2D eigenvalue weighted by molar-refractivity contribution is 5.97. The van der Waals surface area contributed by atoms with Gasteiger partial charge in [0.1, 0.15) is 11.3 Å². The first-order valence-corrected chi connectivity index (χ1v) is 6.68. The number of esters is 1. The van der Waals surface area contributed by atoms with Gasteiger partial charge in [-0.05, 0) is 25.1 Å². The predicted molar refractivity (Wildman–Crippen MR) is 81.0 cm³/mol. The molecule has 1 aromatic heterocycles. The van der Waals surface area contributed by atoms with Gasteiger partial charge in [-0.15, -0.1) is 6.58 Å². The van der Waals surface area contributed by atoms with Gasteiger partial charge in [0, 0.05) is 17.5 Å². The molecule has 0 radical (unpaired) electrons. The van der Waals surface area contributed by atoms with Crippen LogP contribution in [-0.2, 0) is 9.53 Å². The maximum atomic E-state index is 12.0. The second-order valence-electron chi connectivity index (χ2n) is 4.59. The molecule has 1 N–H and O–H groups in total. The van der Waals surface area contributed by atoms with Gasteiger partial charge in [-0.25, -0.2) is 4.79 Å². The van der Waals surface area contributed by atoms with E-state index < -0.39 is 11.9 Å². The van der Waals surface area contributed by atoms with Crippen LogP contribution in [0.3, 0.4) is 0 Å². The van der Waals surface area contributed by atoms with Crippen LogP contribution >= 0.6 is 0 Å². The zero-order valence-electron chi connectivity index (χ0n) is 12.5. The molecule has 1 heterocycles. The Morgan fingerprint density at radius 2 is 2.18 bits per heavy atom. The lowest BCUT2D eigenvalue weighted by Gasteiger charge is -2.03. The quantitative estimate of drug-likeness (QED) is 0.654. The van der Waals surface area contributed by atoms with E-state index in [4.69, 9.17) is 13.9 Å². The van der Waals surface area contributed by atoms with E-state index in [1.807, 2.05) is 0 Å². The van der Waals surface area contributed by atoms with Crippen LogP contribution in [0.5, 0.6) is 5.75 Å². The second-order valence-corrected chi connectivity index (χ2v) is 4.59. The van der Waals surface area contributed by atoms with Gasteiger partial charge < -0.3 is 19.2 Å². The summed E-state index contributed by atoms with van der Waals surface area (Å²) in [7, 11) is 1.56. The molecule has 0 spiro atoms. The number of nitrogens with one attached hydrogen (secondary N) is 1. The number of furan rings is 1. The summed E-state index contributed by atoms with van der Waals surface area (Å²) < 4.78 is 15.6. The third-order valence-corrected chi connectivity index (χ3v) is 3.11. The van der Waals surface area contributed by atoms with E-state index in [-0.39, 0.29) is 12.4 Å². The highest BCUT2D eigenvalue weighted by Crippen LogP contribution is 2.29. The van der Waals surface area contributed by atoms with Gasteiger partial charge in [0.25, 0.3) is 5.91 Å². The van der Waals surface area contributed by atoms with E-state index in [2.05, 4.69) is 11.9 Å². The maximum Gasteiger partial charge on any atom is 0.375 e. The van der Waals surface area contributed by atoms with E-state index in [0.29, 0.717) is 23.4 Å². The third-order valence-electron chi connectivity index (χ3n) is 3.11. The number of carbonyl (C=O) groups excluding carboxylic acids is 2. The predicted octanol–water partition coefficient (Wildman–Crippen LogP) is 2.21.